The predicted molar refractivity (Wildman–Crippen MR) is 68.0 cm³/mol. The zero-order valence-corrected chi connectivity index (χ0v) is 11.5. The Morgan fingerprint density at radius 2 is 2.21 bits per heavy atom. The summed E-state index contributed by atoms with van der Waals surface area (Å²) in [6.45, 7) is 5.30. The molecule has 0 unspecified atom stereocenters. The first-order valence-electron chi connectivity index (χ1n) is 6.64. The average molecular weight is 265 g/mol. The molecule has 0 saturated carbocycles. The Balaban J connectivity index is 1.81. The van der Waals surface area contributed by atoms with E-state index < -0.39 is 0 Å². The summed E-state index contributed by atoms with van der Waals surface area (Å²) in [5.41, 5.74) is 2.49. The van der Waals surface area contributed by atoms with Gasteiger partial charge in [0, 0.05) is 32.2 Å². The van der Waals surface area contributed by atoms with Gasteiger partial charge in [0.2, 0.25) is 0 Å². The molecule has 19 heavy (non-hydrogen) atoms. The van der Waals surface area contributed by atoms with Crippen LogP contribution in [0.15, 0.2) is 0 Å². The monoisotopic (exact) mass is 265 g/mol. The first-order valence-corrected chi connectivity index (χ1v) is 6.64. The number of nitrogens with zero attached hydrogens (tertiary/aromatic N) is 2. The topological polar surface area (TPSA) is 67.5 Å². The lowest BCUT2D eigenvalue weighted by atomic mass is 9.98. The van der Waals surface area contributed by atoms with Crippen LogP contribution in [-0.4, -0.2) is 53.4 Å². The molecule has 1 fully saturated rings. The molecule has 0 radical (unpaired) electrons. The number of carbonyl (C=O) groups excluding carboxylic acids is 1. The normalized spacial score (nSPS) is 27.0. The van der Waals surface area contributed by atoms with Crippen molar-refractivity contribution >= 4 is 5.91 Å². The van der Waals surface area contributed by atoms with Crippen molar-refractivity contribution in [1.29, 1.82) is 0 Å². The van der Waals surface area contributed by atoms with E-state index in [-0.39, 0.29) is 24.2 Å². The molecule has 3 heterocycles. The number of methoxy groups -OCH3 is 1. The van der Waals surface area contributed by atoms with Gasteiger partial charge in [0.1, 0.15) is 0 Å². The molecule has 3 rings (SSSR count). The quantitative estimate of drug-likeness (QED) is 0.863. The fraction of sp³-hybridized carbons (Fsp3) is 0.692. The molecular formula is C13H19N3O3. The van der Waals surface area contributed by atoms with Crippen molar-refractivity contribution < 1.29 is 14.3 Å². The Kier molecular flexibility index (Phi) is 3.06. The molecule has 2 aliphatic heterocycles. The van der Waals surface area contributed by atoms with Crippen LogP contribution in [-0.2, 0) is 15.9 Å². The van der Waals surface area contributed by atoms with E-state index in [4.69, 9.17) is 9.47 Å². The van der Waals surface area contributed by atoms with E-state index in [2.05, 4.69) is 10.2 Å². The van der Waals surface area contributed by atoms with Crippen LogP contribution in [0.4, 0.5) is 0 Å². The maximum absolute atomic E-state index is 12.4. The third kappa shape index (κ3) is 2.04. The van der Waals surface area contributed by atoms with Crippen LogP contribution in [0.1, 0.15) is 41.7 Å². The van der Waals surface area contributed by atoms with Crippen LogP contribution < -0.4 is 0 Å². The standard InChI is InChI=1S/C13H19N3O3/c1-7-4-10-11(8(2)19-7)14-15-12(10)13(17)16-5-9(6-16)18-3/h7-9H,4-6H2,1-3H3,(H,14,15)/t7-,8+/m0/s1. The first-order chi connectivity index (χ1) is 9.10. The van der Waals surface area contributed by atoms with E-state index in [0.717, 1.165) is 17.7 Å². The molecule has 0 spiro atoms. The number of fused-ring (bicyclic) bond motifs is 1. The lowest BCUT2D eigenvalue weighted by Gasteiger charge is -2.38. The second-order valence-corrected chi connectivity index (χ2v) is 5.33. The number of aromatic nitrogens is 2. The number of amides is 1. The molecule has 2 aliphatic rings. The molecule has 0 aliphatic carbocycles. The van der Waals surface area contributed by atoms with Crippen molar-refractivity contribution in [2.75, 3.05) is 20.2 Å². The number of H-pyrrole nitrogens is 1. The van der Waals surface area contributed by atoms with Gasteiger partial charge < -0.3 is 14.4 Å². The highest BCUT2D eigenvalue weighted by molar-refractivity contribution is 5.94. The summed E-state index contributed by atoms with van der Waals surface area (Å²) in [6.07, 6.45) is 0.990. The summed E-state index contributed by atoms with van der Waals surface area (Å²) >= 11 is 0. The van der Waals surface area contributed by atoms with Crippen LogP contribution in [0.5, 0.6) is 0 Å². The first kappa shape index (κ1) is 12.6. The molecule has 6 heteroatoms. The summed E-state index contributed by atoms with van der Waals surface area (Å²) in [5.74, 6) is -0.00731. The number of carbonyl (C=O) groups is 1. The highest BCUT2D eigenvalue weighted by Crippen LogP contribution is 2.31. The van der Waals surface area contributed by atoms with Gasteiger partial charge in [-0.15, -0.1) is 0 Å². The molecule has 104 valence electrons. The van der Waals surface area contributed by atoms with Gasteiger partial charge in [-0.3, -0.25) is 9.89 Å². The minimum Gasteiger partial charge on any atom is -0.378 e. The van der Waals surface area contributed by atoms with E-state index in [1.807, 2.05) is 13.8 Å². The molecule has 0 aromatic carbocycles. The Morgan fingerprint density at radius 1 is 1.47 bits per heavy atom. The molecular weight excluding hydrogens is 246 g/mol. The Morgan fingerprint density at radius 3 is 2.89 bits per heavy atom. The smallest absolute Gasteiger partial charge is 0.274 e. The number of nitrogens with one attached hydrogen (secondary N) is 1. The van der Waals surface area contributed by atoms with Crippen molar-refractivity contribution in [1.82, 2.24) is 15.1 Å². The SMILES string of the molecule is COC1CN(C(=O)c2n[nH]c3c2C[C@H](C)O[C@@H]3C)C1. The van der Waals surface area contributed by atoms with Crippen molar-refractivity contribution in [3.05, 3.63) is 17.0 Å². The minimum absolute atomic E-state index is 0.00731. The largest absolute Gasteiger partial charge is 0.378 e. The molecule has 6 nitrogen and oxygen atoms in total. The highest BCUT2D eigenvalue weighted by Gasteiger charge is 2.36. The number of rotatable bonds is 2. The average Bonchev–Trinajstić information content (AvgIpc) is 2.71. The minimum atomic E-state index is -0.0316. The van der Waals surface area contributed by atoms with Crippen LogP contribution in [0.2, 0.25) is 0 Å². The molecule has 1 N–H and O–H groups in total. The van der Waals surface area contributed by atoms with Crippen LogP contribution >= 0.6 is 0 Å². The van der Waals surface area contributed by atoms with E-state index in [1.54, 1.807) is 12.0 Å². The Hall–Kier alpha value is -1.40. The third-order valence-electron chi connectivity index (χ3n) is 3.90. The van der Waals surface area contributed by atoms with Crippen LogP contribution in [0.25, 0.3) is 0 Å². The number of ether oxygens (including phenoxy) is 2. The van der Waals surface area contributed by atoms with E-state index in [1.165, 1.54) is 0 Å². The lowest BCUT2D eigenvalue weighted by Crippen LogP contribution is -2.54. The number of hydrogen-bond donors (Lipinski definition) is 1. The van der Waals surface area contributed by atoms with Crippen molar-refractivity contribution in [2.24, 2.45) is 0 Å². The maximum Gasteiger partial charge on any atom is 0.274 e. The van der Waals surface area contributed by atoms with Gasteiger partial charge in [-0.05, 0) is 13.8 Å². The van der Waals surface area contributed by atoms with Gasteiger partial charge in [-0.25, -0.2) is 0 Å². The second kappa shape index (κ2) is 4.61. The van der Waals surface area contributed by atoms with Crippen LogP contribution in [0, 0.1) is 0 Å². The highest BCUT2D eigenvalue weighted by atomic mass is 16.5. The summed E-state index contributed by atoms with van der Waals surface area (Å²) in [6, 6.07) is 0. The van der Waals surface area contributed by atoms with E-state index in [9.17, 15) is 4.79 Å². The Labute approximate surface area is 112 Å². The van der Waals surface area contributed by atoms with Gasteiger partial charge in [0.25, 0.3) is 5.91 Å². The molecule has 1 saturated heterocycles. The third-order valence-corrected chi connectivity index (χ3v) is 3.90. The zero-order valence-electron chi connectivity index (χ0n) is 11.5. The van der Waals surface area contributed by atoms with Gasteiger partial charge >= 0.3 is 0 Å². The van der Waals surface area contributed by atoms with Gasteiger partial charge in [0.05, 0.1) is 24.0 Å². The summed E-state index contributed by atoms with van der Waals surface area (Å²) in [4.78, 5) is 14.2. The second-order valence-electron chi connectivity index (χ2n) is 5.33. The van der Waals surface area contributed by atoms with Crippen molar-refractivity contribution in [2.45, 2.75) is 38.6 Å². The summed E-state index contributed by atoms with van der Waals surface area (Å²) in [5, 5.41) is 7.15. The van der Waals surface area contributed by atoms with Gasteiger partial charge in [0.15, 0.2) is 5.69 Å². The molecule has 0 bridgehead atoms. The predicted octanol–water partition coefficient (Wildman–Crippen LogP) is 0.903. The molecule has 1 amide bonds. The van der Waals surface area contributed by atoms with Crippen molar-refractivity contribution in [3.8, 4) is 0 Å². The molecule has 1 aromatic heterocycles. The summed E-state index contributed by atoms with van der Waals surface area (Å²) in [7, 11) is 1.67. The maximum atomic E-state index is 12.4. The van der Waals surface area contributed by atoms with E-state index >= 15 is 0 Å². The number of aromatic amines is 1. The lowest BCUT2D eigenvalue weighted by molar-refractivity contribution is -0.0200. The number of likely N-dealkylation sites (tertiary alicyclic amines) is 1. The van der Waals surface area contributed by atoms with E-state index in [0.29, 0.717) is 18.8 Å². The molecule has 2 atom stereocenters. The molecule has 1 aromatic rings. The van der Waals surface area contributed by atoms with Gasteiger partial charge in [-0.2, -0.15) is 5.10 Å². The fourth-order valence-electron chi connectivity index (χ4n) is 2.75. The van der Waals surface area contributed by atoms with Crippen molar-refractivity contribution in [3.63, 3.8) is 0 Å². The van der Waals surface area contributed by atoms with Crippen LogP contribution in [0.3, 0.4) is 0 Å². The van der Waals surface area contributed by atoms with Gasteiger partial charge in [-0.1, -0.05) is 0 Å². The zero-order chi connectivity index (χ0) is 13.6. The summed E-state index contributed by atoms with van der Waals surface area (Å²) < 4.78 is 10.9. The number of hydrogen-bond acceptors (Lipinski definition) is 4. The fourth-order valence-corrected chi connectivity index (χ4v) is 2.75. The Bertz CT molecular complexity index is 493.